The molecule has 98 valence electrons. The lowest BCUT2D eigenvalue weighted by Gasteiger charge is -2.21. The molecule has 1 aromatic heterocycles. The quantitative estimate of drug-likeness (QED) is 0.762. The zero-order valence-electron chi connectivity index (χ0n) is 10.9. The van der Waals surface area contributed by atoms with Crippen LogP contribution in [0.5, 0.6) is 0 Å². The van der Waals surface area contributed by atoms with Gasteiger partial charge < -0.3 is 15.7 Å². The predicted octanol–water partition coefficient (Wildman–Crippen LogP) is 1.68. The molecular formula is C12H17N3O3. The van der Waals surface area contributed by atoms with E-state index in [-0.39, 0.29) is 0 Å². The van der Waals surface area contributed by atoms with Gasteiger partial charge in [-0.05, 0) is 39.3 Å². The highest BCUT2D eigenvalue weighted by Crippen LogP contribution is 2.17. The summed E-state index contributed by atoms with van der Waals surface area (Å²) in [5.41, 5.74) is 0.814. The van der Waals surface area contributed by atoms with Crippen molar-refractivity contribution in [3.05, 3.63) is 23.5 Å². The number of urea groups is 1. The van der Waals surface area contributed by atoms with Crippen LogP contribution in [0, 0.1) is 13.8 Å². The third-order valence-corrected chi connectivity index (χ3v) is 2.55. The Bertz CT molecular complexity index is 463. The number of nitrogens with zero attached hydrogens (tertiary/aromatic N) is 1. The summed E-state index contributed by atoms with van der Waals surface area (Å²) in [6.45, 7) is 6.44. The minimum atomic E-state index is -1.33. The van der Waals surface area contributed by atoms with Crippen molar-refractivity contribution in [3.8, 4) is 0 Å². The second-order valence-corrected chi connectivity index (χ2v) is 4.60. The molecule has 0 unspecified atom stereocenters. The number of carboxylic acid groups (broad SMARTS) is 1. The Kier molecular flexibility index (Phi) is 3.90. The van der Waals surface area contributed by atoms with Gasteiger partial charge in [-0.15, -0.1) is 0 Å². The van der Waals surface area contributed by atoms with Gasteiger partial charge in [0.05, 0.1) is 11.4 Å². The molecule has 0 fully saturated rings. The summed E-state index contributed by atoms with van der Waals surface area (Å²) in [7, 11) is 0. The number of carbonyl (C=O) groups is 2. The number of pyridine rings is 1. The van der Waals surface area contributed by atoms with Crippen LogP contribution >= 0.6 is 0 Å². The number of anilines is 1. The van der Waals surface area contributed by atoms with Crippen LogP contribution < -0.4 is 10.6 Å². The number of aromatic nitrogens is 1. The van der Waals surface area contributed by atoms with Crippen LogP contribution in [0.1, 0.15) is 25.1 Å². The van der Waals surface area contributed by atoms with Crippen LogP contribution in [0.25, 0.3) is 0 Å². The standard InChI is InChI=1S/C12H17N3O3/c1-7-5-6-13-8(2)9(7)14-11(18)15-12(3,4)10(16)17/h5-6H,1-4H3,(H,16,17)(H2,14,15,18). The first-order valence-corrected chi connectivity index (χ1v) is 5.49. The Hall–Kier alpha value is -2.11. The third kappa shape index (κ3) is 3.19. The van der Waals surface area contributed by atoms with E-state index in [4.69, 9.17) is 5.11 Å². The molecular weight excluding hydrogens is 234 g/mol. The number of hydrogen-bond donors (Lipinski definition) is 3. The number of carbonyl (C=O) groups excluding carboxylic acids is 1. The van der Waals surface area contributed by atoms with E-state index >= 15 is 0 Å². The molecule has 0 saturated carbocycles. The second kappa shape index (κ2) is 5.03. The van der Waals surface area contributed by atoms with Gasteiger partial charge in [-0.25, -0.2) is 9.59 Å². The number of carboxylic acids is 1. The number of hydrogen-bond acceptors (Lipinski definition) is 3. The monoisotopic (exact) mass is 251 g/mol. The molecule has 0 saturated heterocycles. The van der Waals surface area contributed by atoms with Gasteiger partial charge in [0, 0.05) is 6.20 Å². The van der Waals surface area contributed by atoms with E-state index in [0.29, 0.717) is 11.4 Å². The highest BCUT2D eigenvalue weighted by atomic mass is 16.4. The molecule has 1 aromatic rings. The molecule has 6 heteroatoms. The molecule has 1 heterocycles. The molecule has 0 spiro atoms. The van der Waals surface area contributed by atoms with Crippen molar-refractivity contribution in [3.63, 3.8) is 0 Å². The first kappa shape index (κ1) is 14.0. The lowest BCUT2D eigenvalue weighted by Crippen LogP contribution is -2.51. The maximum Gasteiger partial charge on any atom is 0.328 e. The van der Waals surface area contributed by atoms with E-state index in [9.17, 15) is 9.59 Å². The summed E-state index contributed by atoms with van der Waals surface area (Å²) < 4.78 is 0. The molecule has 6 nitrogen and oxygen atoms in total. The van der Waals surface area contributed by atoms with E-state index in [1.807, 2.05) is 6.92 Å². The Labute approximate surface area is 105 Å². The van der Waals surface area contributed by atoms with Gasteiger partial charge in [0.1, 0.15) is 5.54 Å². The average molecular weight is 251 g/mol. The molecule has 0 radical (unpaired) electrons. The molecule has 1 rings (SSSR count). The number of aryl methyl sites for hydroxylation is 2. The summed E-state index contributed by atoms with van der Waals surface area (Å²) in [5.74, 6) is -1.10. The van der Waals surface area contributed by atoms with Crippen molar-refractivity contribution in [2.75, 3.05) is 5.32 Å². The smallest absolute Gasteiger partial charge is 0.328 e. The topological polar surface area (TPSA) is 91.3 Å². The van der Waals surface area contributed by atoms with Crippen LogP contribution in [0.15, 0.2) is 12.3 Å². The minimum Gasteiger partial charge on any atom is -0.480 e. The third-order valence-electron chi connectivity index (χ3n) is 2.55. The average Bonchev–Trinajstić information content (AvgIpc) is 2.22. The molecule has 0 aliphatic heterocycles. The molecule has 2 amide bonds. The van der Waals surface area contributed by atoms with Gasteiger partial charge in [-0.2, -0.15) is 0 Å². The first-order chi connectivity index (χ1) is 8.24. The fourth-order valence-electron chi connectivity index (χ4n) is 1.37. The minimum absolute atomic E-state index is 0.568. The fraction of sp³-hybridized carbons (Fsp3) is 0.417. The summed E-state index contributed by atoms with van der Waals surface area (Å²) >= 11 is 0. The summed E-state index contributed by atoms with van der Waals surface area (Å²) in [4.78, 5) is 26.7. The molecule has 0 atom stereocenters. The zero-order chi connectivity index (χ0) is 13.9. The number of nitrogens with one attached hydrogen (secondary N) is 2. The first-order valence-electron chi connectivity index (χ1n) is 5.49. The van der Waals surface area contributed by atoms with Crippen molar-refractivity contribution >= 4 is 17.7 Å². The molecule has 0 aromatic carbocycles. The predicted molar refractivity (Wildman–Crippen MR) is 67.6 cm³/mol. The lowest BCUT2D eigenvalue weighted by atomic mass is 10.1. The summed E-state index contributed by atoms with van der Waals surface area (Å²) in [6, 6.07) is 1.20. The van der Waals surface area contributed by atoms with Crippen molar-refractivity contribution in [1.29, 1.82) is 0 Å². The molecule has 3 N–H and O–H groups in total. The van der Waals surface area contributed by atoms with Gasteiger partial charge in [0.2, 0.25) is 0 Å². The van der Waals surface area contributed by atoms with Crippen molar-refractivity contribution < 1.29 is 14.7 Å². The Morgan fingerprint density at radius 2 is 1.94 bits per heavy atom. The number of amides is 2. The van der Waals surface area contributed by atoms with Crippen molar-refractivity contribution in [2.45, 2.75) is 33.2 Å². The zero-order valence-corrected chi connectivity index (χ0v) is 10.9. The van der Waals surface area contributed by atoms with Crippen LogP contribution in [0.2, 0.25) is 0 Å². The van der Waals surface area contributed by atoms with E-state index in [2.05, 4.69) is 15.6 Å². The normalized spacial score (nSPS) is 10.9. The van der Waals surface area contributed by atoms with Gasteiger partial charge in [0.25, 0.3) is 0 Å². The van der Waals surface area contributed by atoms with Crippen molar-refractivity contribution in [2.24, 2.45) is 0 Å². The largest absolute Gasteiger partial charge is 0.480 e. The van der Waals surface area contributed by atoms with E-state index in [1.54, 1.807) is 19.2 Å². The lowest BCUT2D eigenvalue weighted by molar-refractivity contribution is -0.142. The molecule has 0 aliphatic carbocycles. The van der Waals surface area contributed by atoms with Gasteiger partial charge >= 0.3 is 12.0 Å². The van der Waals surface area contributed by atoms with Crippen molar-refractivity contribution in [1.82, 2.24) is 10.3 Å². The molecule has 18 heavy (non-hydrogen) atoms. The summed E-state index contributed by atoms with van der Waals surface area (Å²) in [5, 5.41) is 13.9. The maximum atomic E-state index is 11.7. The van der Waals surface area contributed by atoms with Gasteiger partial charge in [-0.3, -0.25) is 4.98 Å². The number of rotatable bonds is 3. The summed E-state index contributed by atoms with van der Waals surface area (Å²) in [6.07, 6.45) is 1.65. The molecule has 0 bridgehead atoms. The highest BCUT2D eigenvalue weighted by molar-refractivity contribution is 5.94. The van der Waals surface area contributed by atoms with Crippen LogP contribution in [-0.2, 0) is 4.79 Å². The maximum absolute atomic E-state index is 11.7. The van der Waals surface area contributed by atoms with Gasteiger partial charge in [0.15, 0.2) is 0 Å². The Morgan fingerprint density at radius 3 is 2.44 bits per heavy atom. The van der Waals surface area contributed by atoms with Crippen LogP contribution in [-0.4, -0.2) is 27.6 Å². The SMILES string of the molecule is Cc1ccnc(C)c1NC(=O)NC(C)(C)C(=O)O. The van der Waals surface area contributed by atoms with E-state index in [1.165, 1.54) is 13.8 Å². The van der Waals surface area contributed by atoms with Gasteiger partial charge in [-0.1, -0.05) is 0 Å². The second-order valence-electron chi connectivity index (χ2n) is 4.60. The molecule has 0 aliphatic rings. The van der Waals surface area contributed by atoms with Crippen LogP contribution in [0.4, 0.5) is 10.5 Å². The fourth-order valence-corrected chi connectivity index (χ4v) is 1.37. The highest BCUT2D eigenvalue weighted by Gasteiger charge is 2.29. The van der Waals surface area contributed by atoms with Crippen LogP contribution in [0.3, 0.4) is 0 Å². The van der Waals surface area contributed by atoms with E-state index < -0.39 is 17.5 Å². The Balaban J connectivity index is 2.80. The Morgan fingerprint density at radius 1 is 1.33 bits per heavy atom. The van der Waals surface area contributed by atoms with E-state index in [0.717, 1.165) is 5.56 Å². The number of aliphatic carboxylic acids is 1.